The monoisotopic (exact) mass is 470 g/mol. The molecule has 1 aromatic carbocycles. The summed E-state index contributed by atoms with van der Waals surface area (Å²) >= 11 is 0. The maximum atomic E-state index is 13.9. The van der Waals surface area contributed by atoms with Crippen molar-refractivity contribution in [2.45, 2.75) is 48.8 Å². The van der Waals surface area contributed by atoms with Gasteiger partial charge in [-0.05, 0) is 24.6 Å². The topological polar surface area (TPSA) is 29.5 Å². The minimum atomic E-state index is -8.01. The number of aliphatic hydroxyl groups excluding tert-OH is 1. The highest BCUT2D eigenvalue weighted by Crippen LogP contribution is 2.61. The van der Waals surface area contributed by atoms with E-state index >= 15 is 0 Å². The zero-order valence-electron chi connectivity index (χ0n) is 14.4. The lowest BCUT2D eigenvalue weighted by atomic mass is 9.89. The second-order valence-electron chi connectivity index (χ2n) is 5.82. The molecule has 0 aliphatic heterocycles. The second-order valence-corrected chi connectivity index (χ2v) is 5.82. The molecule has 1 N–H and O–H groups in total. The van der Waals surface area contributed by atoms with Gasteiger partial charge in [-0.3, -0.25) is 0 Å². The third-order valence-corrected chi connectivity index (χ3v) is 3.81. The molecule has 0 fully saturated rings. The fraction of sp³-hybridized carbons (Fsp3) is 0.600. The van der Waals surface area contributed by atoms with E-state index < -0.39 is 47.5 Å². The van der Waals surface area contributed by atoms with Gasteiger partial charge in [0.1, 0.15) is 11.9 Å². The van der Waals surface area contributed by atoms with Gasteiger partial charge in [0.05, 0.1) is 6.61 Å². The van der Waals surface area contributed by atoms with Crippen molar-refractivity contribution in [1.29, 1.82) is 0 Å². The lowest BCUT2D eigenvalue weighted by Gasteiger charge is -2.40. The van der Waals surface area contributed by atoms with Crippen molar-refractivity contribution in [2.75, 3.05) is 6.61 Å². The fourth-order valence-electron chi connectivity index (χ4n) is 2.08. The highest BCUT2D eigenvalue weighted by Gasteiger charge is 2.91. The lowest BCUT2D eigenvalue weighted by molar-refractivity contribution is -0.444. The van der Waals surface area contributed by atoms with E-state index in [1.54, 1.807) is 0 Å². The molecule has 0 spiro atoms. The number of hydrogen-bond acceptors (Lipinski definition) is 2. The highest BCUT2D eigenvalue weighted by molar-refractivity contribution is 5.30. The fourth-order valence-corrected chi connectivity index (χ4v) is 2.08. The first kappa shape index (κ1) is 26.1. The van der Waals surface area contributed by atoms with E-state index in [2.05, 4.69) is 0 Å². The van der Waals surface area contributed by atoms with Gasteiger partial charge in [-0.15, -0.1) is 0 Å². The third-order valence-electron chi connectivity index (χ3n) is 3.81. The molecule has 15 heteroatoms. The molecule has 1 unspecified atom stereocenters. The summed E-state index contributed by atoms with van der Waals surface area (Å²) in [5.41, 5.74) is -1.27. The first-order valence-electron chi connectivity index (χ1n) is 7.56. The van der Waals surface area contributed by atoms with Crippen LogP contribution in [0, 0.1) is 0 Å². The number of hydrogen-bond donors (Lipinski definition) is 1. The Bertz CT molecular complexity index is 725. The third kappa shape index (κ3) is 3.75. The van der Waals surface area contributed by atoms with E-state index in [9.17, 15) is 62.2 Å². The van der Waals surface area contributed by atoms with E-state index in [1.165, 1.54) is 6.92 Å². The van der Waals surface area contributed by atoms with Crippen LogP contribution in [0.25, 0.3) is 0 Å². The van der Waals surface area contributed by atoms with Crippen molar-refractivity contribution in [1.82, 2.24) is 0 Å². The van der Waals surface area contributed by atoms with Gasteiger partial charge in [0.15, 0.2) is 0 Å². The molecule has 0 saturated heterocycles. The number of alkyl halides is 13. The van der Waals surface area contributed by atoms with Gasteiger partial charge in [0.25, 0.3) is 0 Å². The van der Waals surface area contributed by atoms with E-state index in [1.807, 2.05) is 0 Å². The van der Waals surface area contributed by atoms with Crippen molar-refractivity contribution in [3.63, 3.8) is 0 Å². The molecule has 0 saturated carbocycles. The Hall–Kier alpha value is -1.93. The summed E-state index contributed by atoms with van der Waals surface area (Å²) in [4.78, 5) is 0. The standard InChI is InChI=1S/C15H11F13O2/c1-2-30-8-5-3-7(4-6-8)9(29)10(16,17)11(18,19)12(20,21)13(22,23)14(24,25)15(26,27)28/h3-6,9,29H,2H2,1H3. The maximum absolute atomic E-state index is 13.9. The van der Waals surface area contributed by atoms with Gasteiger partial charge >= 0.3 is 35.8 Å². The lowest BCUT2D eigenvalue weighted by Crippen LogP contribution is -2.70. The van der Waals surface area contributed by atoms with E-state index in [0.29, 0.717) is 12.1 Å². The molecule has 0 aliphatic rings. The molecular weight excluding hydrogens is 459 g/mol. The minimum Gasteiger partial charge on any atom is -0.494 e. The first-order valence-corrected chi connectivity index (χ1v) is 7.56. The average Bonchev–Trinajstić information content (AvgIpc) is 2.60. The number of ether oxygens (including phenoxy) is 1. The zero-order chi connectivity index (χ0) is 24.0. The van der Waals surface area contributed by atoms with Crippen LogP contribution in [0.4, 0.5) is 57.1 Å². The van der Waals surface area contributed by atoms with Crippen molar-refractivity contribution in [2.24, 2.45) is 0 Å². The van der Waals surface area contributed by atoms with Gasteiger partial charge in [-0.25, -0.2) is 0 Å². The molecule has 174 valence electrons. The molecule has 0 amide bonds. The Morgan fingerprint density at radius 1 is 0.700 bits per heavy atom. The molecule has 0 radical (unpaired) electrons. The van der Waals surface area contributed by atoms with Gasteiger partial charge in [-0.2, -0.15) is 57.1 Å². The quantitative estimate of drug-likeness (QED) is 0.483. The Labute approximate surface area is 159 Å². The van der Waals surface area contributed by atoms with Crippen LogP contribution < -0.4 is 4.74 Å². The molecule has 1 atom stereocenters. The van der Waals surface area contributed by atoms with Crippen molar-refractivity contribution < 1.29 is 66.9 Å². The van der Waals surface area contributed by atoms with Gasteiger partial charge in [-0.1, -0.05) is 12.1 Å². The van der Waals surface area contributed by atoms with Crippen LogP contribution in [0.3, 0.4) is 0 Å². The number of aliphatic hydroxyl groups is 1. The summed E-state index contributed by atoms with van der Waals surface area (Å²) in [7, 11) is 0. The Kier molecular flexibility index (Phi) is 6.65. The largest absolute Gasteiger partial charge is 0.494 e. The number of benzene rings is 1. The smallest absolute Gasteiger partial charge is 0.460 e. The molecule has 0 heterocycles. The number of halogens is 13. The van der Waals surface area contributed by atoms with Crippen LogP contribution in [-0.4, -0.2) is 47.5 Å². The molecule has 1 aromatic rings. The van der Waals surface area contributed by atoms with Crippen molar-refractivity contribution in [3.8, 4) is 5.75 Å². The molecule has 1 rings (SSSR count). The Morgan fingerprint density at radius 3 is 1.47 bits per heavy atom. The van der Waals surface area contributed by atoms with E-state index in [4.69, 9.17) is 4.74 Å². The highest BCUT2D eigenvalue weighted by atomic mass is 19.4. The van der Waals surface area contributed by atoms with Crippen LogP contribution in [0.15, 0.2) is 24.3 Å². The Balaban J connectivity index is 3.43. The van der Waals surface area contributed by atoms with Crippen LogP contribution in [-0.2, 0) is 0 Å². The van der Waals surface area contributed by atoms with Gasteiger partial charge in [0.2, 0.25) is 0 Å². The summed E-state index contributed by atoms with van der Waals surface area (Å²) in [6.45, 7) is 1.50. The van der Waals surface area contributed by atoms with Gasteiger partial charge in [0, 0.05) is 0 Å². The predicted molar refractivity (Wildman–Crippen MR) is 73.4 cm³/mol. The zero-order valence-corrected chi connectivity index (χ0v) is 14.4. The molecule has 2 nitrogen and oxygen atoms in total. The molecule has 0 aliphatic carbocycles. The van der Waals surface area contributed by atoms with E-state index in [0.717, 1.165) is 12.1 Å². The summed E-state index contributed by atoms with van der Waals surface area (Å²) in [6.07, 6.45) is -11.5. The van der Waals surface area contributed by atoms with E-state index in [-0.39, 0.29) is 12.4 Å². The summed E-state index contributed by atoms with van der Waals surface area (Å²) in [5, 5.41) is 9.34. The summed E-state index contributed by atoms with van der Waals surface area (Å²) < 4.78 is 175. The van der Waals surface area contributed by atoms with Gasteiger partial charge < -0.3 is 9.84 Å². The SMILES string of the molecule is CCOc1ccc(C(O)C(F)(F)C(F)(F)C(F)(F)C(F)(F)C(F)(F)C(F)(F)F)cc1. The van der Waals surface area contributed by atoms with Crippen LogP contribution >= 0.6 is 0 Å². The molecule has 0 bridgehead atoms. The molecule has 0 aromatic heterocycles. The molecule has 30 heavy (non-hydrogen) atoms. The maximum Gasteiger partial charge on any atom is 0.460 e. The number of rotatable bonds is 8. The first-order chi connectivity index (χ1) is 13.2. The molecular formula is C15H11F13O2. The predicted octanol–water partition coefficient (Wildman–Crippen LogP) is 5.86. The summed E-state index contributed by atoms with van der Waals surface area (Å²) in [5.74, 6) is -38.0. The van der Waals surface area contributed by atoms with Crippen LogP contribution in [0.5, 0.6) is 5.75 Å². The van der Waals surface area contributed by atoms with Crippen LogP contribution in [0.2, 0.25) is 0 Å². The van der Waals surface area contributed by atoms with Crippen LogP contribution in [0.1, 0.15) is 18.6 Å². The van der Waals surface area contributed by atoms with Crippen molar-refractivity contribution >= 4 is 0 Å². The second kappa shape index (κ2) is 7.64. The van der Waals surface area contributed by atoms with Crippen molar-refractivity contribution in [3.05, 3.63) is 29.8 Å². The Morgan fingerprint density at radius 2 is 1.10 bits per heavy atom. The summed E-state index contributed by atoms with van der Waals surface area (Å²) in [6, 6.07) is 2.42. The normalized spacial score (nSPS) is 15.8. The average molecular weight is 470 g/mol. The minimum absolute atomic E-state index is 0.0326.